The van der Waals surface area contributed by atoms with Gasteiger partial charge in [-0.1, -0.05) is 68.8 Å². The third-order valence-corrected chi connectivity index (χ3v) is 7.45. The molecule has 0 aliphatic heterocycles. The Kier molecular flexibility index (Phi) is 11.8. The average molecular weight is 593 g/mol. The molecule has 230 valence electrons. The lowest BCUT2D eigenvalue weighted by Crippen LogP contribution is -2.59. The van der Waals surface area contributed by atoms with Crippen LogP contribution in [0, 0.1) is 5.92 Å². The number of hydrogen-bond donors (Lipinski definition) is 7. The SMILES string of the molecule is CCC(C)C(NC(=O)C(CCC(N)=O)NC(=O)C(N)Cc1ccccc1)C(=O)NC(Cc1c[nH]c2ccccc12)C(=O)O. The van der Waals surface area contributed by atoms with Gasteiger partial charge in [-0.25, -0.2) is 4.79 Å². The minimum absolute atomic E-state index is 0.0167. The molecule has 0 aliphatic rings. The molecule has 12 nitrogen and oxygen atoms in total. The highest BCUT2D eigenvalue weighted by Crippen LogP contribution is 2.19. The van der Waals surface area contributed by atoms with Crippen molar-refractivity contribution < 1.29 is 29.1 Å². The third-order valence-electron chi connectivity index (χ3n) is 7.45. The van der Waals surface area contributed by atoms with E-state index < -0.39 is 53.8 Å². The van der Waals surface area contributed by atoms with Crippen LogP contribution in [0.2, 0.25) is 0 Å². The molecule has 5 atom stereocenters. The number of aromatic amines is 1. The summed E-state index contributed by atoms with van der Waals surface area (Å²) in [5.74, 6) is -4.30. The van der Waals surface area contributed by atoms with Crippen molar-refractivity contribution in [3.63, 3.8) is 0 Å². The first-order valence-electron chi connectivity index (χ1n) is 14.3. The molecule has 1 heterocycles. The van der Waals surface area contributed by atoms with Crippen molar-refractivity contribution in [3.05, 3.63) is 71.9 Å². The number of amides is 4. The molecule has 0 fully saturated rings. The van der Waals surface area contributed by atoms with Crippen LogP contribution < -0.4 is 27.4 Å². The molecule has 1 aromatic heterocycles. The Labute approximate surface area is 250 Å². The first kappa shape index (κ1) is 32.8. The van der Waals surface area contributed by atoms with E-state index in [0.717, 1.165) is 16.5 Å². The maximum atomic E-state index is 13.4. The Morgan fingerprint density at radius 3 is 2.16 bits per heavy atom. The van der Waals surface area contributed by atoms with Gasteiger partial charge in [0.2, 0.25) is 23.6 Å². The smallest absolute Gasteiger partial charge is 0.326 e. The molecule has 0 saturated carbocycles. The number of nitrogens with one attached hydrogen (secondary N) is 4. The van der Waals surface area contributed by atoms with Crippen LogP contribution in [0.25, 0.3) is 10.9 Å². The fraction of sp³-hybridized carbons (Fsp3) is 0.387. The van der Waals surface area contributed by atoms with E-state index in [9.17, 15) is 29.1 Å². The standard InChI is InChI=1S/C31H40N6O6/c1-3-18(2)27(30(41)36-25(31(42)43)16-20-17-34-23-12-8-7-11-21(20)23)37-29(40)24(13-14-26(33)38)35-28(39)22(32)15-19-9-5-4-6-10-19/h4-12,17-18,22,24-25,27,34H,3,13-16,32H2,1-2H3,(H2,33,38)(H,35,39)(H,36,41)(H,37,40)(H,42,43). The summed E-state index contributed by atoms with van der Waals surface area (Å²) in [5.41, 5.74) is 13.8. The molecule has 0 radical (unpaired) electrons. The summed E-state index contributed by atoms with van der Waals surface area (Å²) in [6, 6.07) is 12.0. The zero-order chi connectivity index (χ0) is 31.5. The number of aromatic nitrogens is 1. The number of fused-ring (bicyclic) bond motifs is 1. The van der Waals surface area contributed by atoms with Crippen LogP contribution in [0.3, 0.4) is 0 Å². The summed E-state index contributed by atoms with van der Waals surface area (Å²) in [7, 11) is 0. The lowest BCUT2D eigenvalue weighted by molar-refractivity contribution is -0.142. The Balaban J connectivity index is 1.73. The predicted octanol–water partition coefficient (Wildman–Crippen LogP) is 1.13. The molecular weight excluding hydrogens is 552 g/mol. The number of benzene rings is 2. The minimum atomic E-state index is -1.27. The fourth-order valence-corrected chi connectivity index (χ4v) is 4.73. The topological polar surface area (TPSA) is 209 Å². The number of para-hydroxylation sites is 1. The molecule has 0 bridgehead atoms. The van der Waals surface area contributed by atoms with E-state index in [4.69, 9.17) is 11.5 Å². The van der Waals surface area contributed by atoms with Crippen LogP contribution in [0.4, 0.5) is 0 Å². The number of H-pyrrole nitrogens is 1. The molecule has 3 rings (SSSR count). The van der Waals surface area contributed by atoms with Gasteiger partial charge in [0.15, 0.2) is 0 Å². The van der Waals surface area contributed by atoms with Crippen LogP contribution in [0.5, 0.6) is 0 Å². The van der Waals surface area contributed by atoms with E-state index in [1.165, 1.54) is 0 Å². The molecule has 0 spiro atoms. The van der Waals surface area contributed by atoms with Crippen LogP contribution in [0.1, 0.15) is 44.2 Å². The molecule has 5 unspecified atom stereocenters. The number of hydrogen-bond acceptors (Lipinski definition) is 6. The van der Waals surface area contributed by atoms with Gasteiger partial charge in [0.05, 0.1) is 6.04 Å². The van der Waals surface area contributed by atoms with Gasteiger partial charge in [-0.3, -0.25) is 19.2 Å². The number of carboxylic acid groups (broad SMARTS) is 1. The van der Waals surface area contributed by atoms with Gasteiger partial charge in [-0.15, -0.1) is 0 Å². The van der Waals surface area contributed by atoms with Crippen molar-refractivity contribution >= 4 is 40.5 Å². The van der Waals surface area contributed by atoms with Gasteiger partial charge < -0.3 is 37.5 Å². The molecular formula is C31H40N6O6. The number of primary amides is 1. The molecule has 9 N–H and O–H groups in total. The molecule has 0 saturated heterocycles. The average Bonchev–Trinajstić information content (AvgIpc) is 3.39. The molecule has 0 aliphatic carbocycles. The number of rotatable bonds is 16. The monoisotopic (exact) mass is 592 g/mol. The maximum absolute atomic E-state index is 13.4. The maximum Gasteiger partial charge on any atom is 0.326 e. The first-order chi connectivity index (χ1) is 20.5. The molecule has 3 aromatic rings. The van der Waals surface area contributed by atoms with Gasteiger partial charge in [0.25, 0.3) is 0 Å². The minimum Gasteiger partial charge on any atom is -0.480 e. The summed E-state index contributed by atoms with van der Waals surface area (Å²) in [6.45, 7) is 3.57. The summed E-state index contributed by atoms with van der Waals surface area (Å²) < 4.78 is 0. The Hall–Kier alpha value is -4.71. The van der Waals surface area contributed by atoms with E-state index in [2.05, 4.69) is 20.9 Å². The van der Waals surface area contributed by atoms with Gasteiger partial charge in [-0.2, -0.15) is 0 Å². The Morgan fingerprint density at radius 1 is 0.860 bits per heavy atom. The number of aliphatic carboxylic acids is 1. The van der Waals surface area contributed by atoms with Crippen molar-refractivity contribution in [2.24, 2.45) is 17.4 Å². The van der Waals surface area contributed by atoms with Gasteiger partial charge in [-0.05, 0) is 36.0 Å². The van der Waals surface area contributed by atoms with E-state index in [0.29, 0.717) is 12.0 Å². The fourth-order valence-electron chi connectivity index (χ4n) is 4.73. The zero-order valence-corrected chi connectivity index (χ0v) is 24.3. The van der Waals surface area contributed by atoms with E-state index in [1.54, 1.807) is 13.1 Å². The molecule has 12 heteroatoms. The predicted molar refractivity (Wildman–Crippen MR) is 161 cm³/mol. The number of carbonyl (C=O) groups is 5. The van der Waals surface area contributed by atoms with Crippen LogP contribution in [0.15, 0.2) is 60.8 Å². The van der Waals surface area contributed by atoms with Crippen molar-refractivity contribution in [1.29, 1.82) is 0 Å². The summed E-state index contributed by atoms with van der Waals surface area (Å²) in [4.78, 5) is 66.5. The number of carboxylic acids is 1. The highest BCUT2D eigenvalue weighted by atomic mass is 16.4. The zero-order valence-electron chi connectivity index (χ0n) is 24.3. The third kappa shape index (κ3) is 9.40. The summed E-state index contributed by atoms with van der Waals surface area (Å²) in [5, 5.41) is 18.6. The summed E-state index contributed by atoms with van der Waals surface area (Å²) >= 11 is 0. The van der Waals surface area contributed by atoms with Crippen molar-refractivity contribution in [2.75, 3.05) is 0 Å². The first-order valence-corrected chi connectivity index (χ1v) is 14.3. The van der Waals surface area contributed by atoms with Crippen molar-refractivity contribution in [2.45, 2.75) is 70.1 Å². The van der Waals surface area contributed by atoms with Gasteiger partial charge >= 0.3 is 5.97 Å². The molecule has 43 heavy (non-hydrogen) atoms. The van der Waals surface area contributed by atoms with Crippen molar-refractivity contribution in [3.8, 4) is 0 Å². The normalized spacial score (nSPS) is 14.6. The van der Waals surface area contributed by atoms with E-state index in [-0.39, 0.29) is 31.6 Å². The second-order valence-corrected chi connectivity index (χ2v) is 10.7. The van der Waals surface area contributed by atoms with Crippen LogP contribution >= 0.6 is 0 Å². The highest BCUT2D eigenvalue weighted by molar-refractivity contribution is 5.95. The second-order valence-electron chi connectivity index (χ2n) is 10.7. The summed E-state index contributed by atoms with van der Waals surface area (Å²) in [6.07, 6.45) is 2.12. The quantitative estimate of drug-likeness (QED) is 0.129. The van der Waals surface area contributed by atoms with Crippen LogP contribution in [-0.2, 0) is 36.8 Å². The van der Waals surface area contributed by atoms with Gasteiger partial charge in [0, 0.05) is 29.9 Å². The van der Waals surface area contributed by atoms with Gasteiger partial charge in [0.1, 0.15) is 18.1 Å². The molecule has 4 amide bonds. The van der Waals surface area contributed by atoms with Crippen molar-refractivity contribution in [1.82, 2.24) is 20.9 Å². The van der Waals surface area contributed by atoms with E-state index in [1.807, 2.05) is 61.5 Å². The Bertz CT molecular complexity index is 1420. The Morgan fingerprint density at radius 2 is 1.51 bits per heavy atom. The molecule has 2 aromatic carbocycles. The lowest BCUT2D eigenvalue weighted by atomic mass is 9.96. The highest BCUT2D eigenvalue weighted by Gasteiger charge is 2.33. The second kappa shape index (κ2) is 15.5. The number of carbonyl (C=O) groups excluding carboxylic acids is 4. The van der Waals surface area contributed by atoms with Crippen LogP contribution in [-0.4, -0.2) is 63.9 Å². The lowest BCUT2D eigenvalue weighted by Gasteiger charge is -2.28. The number of nitrogens with two attached hydrogens (primary N) is 2. The van der Waals surface area contributed by atoms with E-state index >= 15 is 0 Å². The largest absolute Gasteiger partial charge is 0.480 e.